The standard InChI is InChI=1S/C13H16BrN5O2/c1-21-8-9-10(14)3-2-4-11(9)16-13(20)12-7-19(6-5-15)18-17-12/h2-4,7H,5-6,8,15H2,1H3,(H,16,20). The molecule has 1 amide bonds. The Balaban J connectivity index is 2.17. The number of nitrogens with two attached hydrogens (primary N) is 1. The number of ether oxygens (including phenoxy) is 1. The first-order valence-corrected chi connectivity index (χ1v) is 7.13. The summed E-state index contributed by atoms with van der Waals surface area (Å²) in [6.45, 7) is 1.34. The highest BCUT2D eigenvalue weighted by Crippen LogP contribution is 2.25. The maximum absolute atomic E-state index is 12.2. The molecule has 0 fully saturated rings. The molecule has 0 aliphatic rings. The molecule has 1 heterocycles. The Hall–Kier alpha value is -1.77. The Bertz CT molecular complexity index is 629. The predicted molar refractivity (Wildman–Crippen MR) is 81.9 cm³/mol. The Kier molecular flexibility index (Phi) is 5.43. The molecule has 0 saturated heterocycles. The number of carbonyl (C=O) groups is 1. The third kappa shape index (κ3) is 3.87. The van der Waals surface area contributed by atoms with Crippen molar-refractivity contribution in [3.63, 3.8) is 0 Å². The van der Waals surface area contributed by atoms with Gasteiger partial charge in [-0.1, -0.05) is 27.2 Å². The minimum Gasteiger partial charge on any atom is -0.380 e. The van der Waals surface area contributed by atoms with Crippen LogP contribution in [0, 0.1) is 0 Å². The van der Waals surface area contributed by atoms with Crippen molar-refractivity contribution in [3.05, 3.63) is 40.1 Å². The van der Waals surface area contributed by atoms with Gasteiger partial charge in [-0.15, -0.1) is 5.10 Å². The van der Waals surface area contributed by atoms with E-state index in [-0.39, 0.29) is 11.6 Å². The summed E-state index contributed by atoms with van der Waals surface area (Å²) in [6, 6.07) is 5.53. The van der Waals surface area contributed by atoms with Gasteiger partial charge in [0.2, 0.25) is 0 Å². The molecule has 0 aliphatic carbocycles. The number of methoxy groups -OCH3 is 1. The van der Waals surface area contributed by atoms with Crippen LogP contribution in [-0.2, 0) is 17.9 Å². The van der Waals surface area contributed by atoms with Crippen LogP contribution >= 0.6 is 15.9 Å². The molecule has 0 radical (unpaired) electrons. The molecular formula is C13H16BrN5O2. The van der Waals surface area contributed by atoms with Gasteiger partial charge in [-0.05, 0) is 12.1 Å². The van der Waals surface area contributed by atoms with Crippen LogP contribution in [0.3, 0.4) is 0 Å². The zero-order valence-corrected chi connectivity index (χ0v) is 13.1. The lowest BCUT2D eigenvalue weighted by molar-refractivity contribution is 0.102. The molecule has 1 aromatic heterocycles. The van der Waals surface area contributed by atoms with Crippen molar-refractivity contribution in [1.29, 1.82) is 0 Å². The Morgan fingerprint density at radius 1 is 1.52 bits per heavy atom. The molecule has 1 aromatic carbocycles. The van der Waals surface area contributed by atoms with Crippen molar-refractivity contribution >= 4 is 27.5 Å². The zero-order chi connectivity index (χ0) is 15.2. The third-order valence-corrected chi connectivity index (χ3v) is 3.53. The summed E-state index contributed by atoms with van der Waals surface area (Å²) in [7, 11) is 1.60. The second kappa shape index (κ2) is 7.30. The Labute approximate surface area is 130 Å². The molecule has 21 heavy (non-hydrogen) atoms. The number of rotatable bonds is 6. The average molecular weight is 354 g/mol. The van der Waals surface area contributed by atoms with Gasteiger partial charge in [0.05, 0.1) is 19.3 Å². The van der Waals surface area contributed by atoms with Gasteiger partial charge < -0.3 is 15.8 Å². The lowest BCUT2D eigenvalue weighted by Crippen LogP contribution is -2.14. The van der Waals surface area contributed by atoms with E-state index in [2.05, 4.69) is 31.6 Å². The quantitative estimate of drug-likeness (QED) is 0.818. The molecule has 8 heteroatoms. The number of benzene rings is 1. The lowest BCUT2D eigenvalue weighted by Gasteiger charge is -2.11. The smallest absolute Gasteiger partial charge is 0.277 e. The summed E-state index contributed by atoms with van der Waals surface area (Å²) in [6.07, 6.45) is 1.57. The molecule has 0 atom stereocenters. The lowest BCUT2D eigenvalue weighted by atomic mass is 10.2. The van der Waals surface area contributed by atoms with Gasteiger partial charge in [0.15, 0.2) is 5.69 Å². The molecule has 0 unspecified atom stereocenters. The maximum atomic E-state index is 12.2. The van der Waals surface area contributed by atoms with Gasteiger partial charge in [0.25, 0.3) is 5.91 Å². The van der Waals surface area contributed by atoms with Crippen LogP contribution in [0.2, 0.25) is 0 Å². The third-order valence-electron chi connectivity index (χ3n) is 2.79. The fraction of sp³-hybridized carbons (Fsp3) is 0.308. The molecule has 3 N–H and O–H groups in total. The van der Waals surface area contributed by atoms with Crippen LogP contribution in [0.4, 0.5) is 5.69 Å². The number of nitrogens with one attached hydrogen (secondary N) is 1. The number of anilines is 1. The molecule has 112 valence electrons. The van der Waals surface area contributed by atoms with Crippen molar-refractivity contribution in [2.45, 2.75) is 13.2 Å². The summed E-state index contributed by atoms with van der Waals surface area (Å²) in [5.41, 5.74) is 7.21. The Morgan fingerprint density at radius 3 is 3.05 bits per heavy atom. The molecule has 7 nitrogen and oxygen atoms in total. The van der Waals surface area contributed by atoms with Crippen molar-refractivity contribution < 1.29 is 9.53 Å². The first kappa shape index (κ1) is 15.6. The largest absolute Gasteiger partial charge is 0.380 e. The molecule has 0 spiro atoms. The van der Waals surface area contributed by atoms with Gasteiger partial charge in [0, 0.05) is 29.4 Å². The van der Waals surface area contributed by atoms with E-state index in [1.807, 2.05) is 12.1 Å². The molecule has 0 aliphatic heterocycles. The number of nitrogens with zero attached hydrogens (tertiary/aromatic N) is 3. The number of aromatic nitrogens is 3. The second-order valence-corrected chi connectivity index (χ2v) is 5.16. The summed E-state index contributed by atoms with van der Waals surface area (Å²) in [5, 5.41) is 10.5. The highest BCUT2D eigenvalue weighted by atomic mass is 79.9. The average Bonchev–Trinajstić information content (AvgIpc) is 2.92. The van der Waals surface area contributed by atoms with Crippen molar-refractivity contribution in [3.8, 4) is 0 Å². The Morgan fingerprint density at radius 2 is 2.33 bits per heavy atom. The first-order valence-electron chi connectivity index (χ1n) is 6.33. The van der Waals surface area contributed by atoms with Gasteiger partial charge in [-0.25, -0.2) is 0 Å². The van der Waals surface area contributed by atoms with E-state index < -0.39 is 0 Å². The molecule has 2 aromatic rings. The normalized spacial score (nSPS) is 10.6. The predicted octanol–water partition coefficient (Wildman–Crippen LogP) is 1.40. The molecule has 0 saturated carbocycles. The van der Waals surface area contributed by atoms with Crippen molar-refractivity contribution in [1.82, 2.24) is 15.0 Å². The van der Waals surface area contributed by atoms with Gasteiger partial charge >= 0.3 is 0 Å². The van der Waals surface area contributed by atoms with Crippen LogP contribution in [0.1, 0.15) is 16.1 Å². The number of hydrogen-bond donors (Lipinski definition) is 2. The van der Waals surface area contributed by atoms with E-state index in [9.17, 15) is 4.79 Å². The summed E-state index contributed by atoms with van der Waals surface area (Å²) < 4.78 is 7.55. The van der Waals surface area contributed by atoms with Crippen LogP contribution in [-0.4, -0.2) is 34.6 Å². The maximum Gasteiger partial charge on any atom is 0.277 e. The van der Waals surface area contributed by atoms with Crippen LogP contribution in [0.15, 0.2) is 28.9 Å². The monoisotopic (exact) mass is 353 g/mol. The number of halogens is 1. The van der Waals surface area contributed by atoms with Gasteiger partial charge in [-0.2, -0.15) is 0 Å². The first-order chi connectivity index (χ1) is 10.2. The summed E-state index contributed by atoms with van der Waals surface area (Å²) >= 11 is 3.44. The highest BCUT2D eigenvalue weighted by molar-refractivity contribution is 9.10. The van der Waals surface area contributed by atoms with E-state index in [0.717, 1.165) is 10.0 Å². The summed E-state index contributed by atoms with van der Waals surface area (Å²) in [4.78, 5) is 12.2. The van der Waals surface area contributed by atoms with Crippen LogP contribution in [0.25, 0.3) is 0 Å². The van der Waals surface area contributed by atoms with E-state index >= 15 is 0 Å². The van der Waals surface area contributed by atoms with E-state index in [0.29, 0.717) is 25.4 Å². The SMILES string of the molecule is COCc1c(Br)cccc1NC(=O)c1cn(CCN)nn1. The van der Waals surface area contributed by atoms with Crippen molar-refractivity contribution in [2.24, 2.45) is 5.73 Å². The molecule has 0 bridgehead atoms. The van der Waals surface area contributed by atoms with E-state index in [1.165, 1.54) is 4.68 Å². The zero-order valence-electron chi connectivity index (χ0n) is 11.5. The fourth-order valence-corrected chi connectivity index (χ4v) is 2.28. The molecular weight excluding hydrogens is 338 g/mol. The summed E-state index contributed by atoms with van der Waals surface area (Å²) in [5.74, 6) is -0.325. The number of amides is 1. The van der Waals surface area contributed by atoms with Gasteiger partial charge in [-0.3, -0.25) is 9.48 Å². The fourth-order valence-electron chi connectivity index (χ4n) is 1.80. The highest BCUT2D eigenvalue weighted by Gasteiger charge is 2.14. The number of carbonyl (C=O) groups excluding carboxylic acids is 1. The minimum absolute atomic E-state index is 0.242. The van der Waals surface area contributed by atoms with Crippen molar-refractivity contribution in [2.75, 3.05) is 19.0 Å². The molecule has 2 rings (SSSR count). The minimum atomic E-state index is -0.325. The van der Waals surface area contributed by atoms with Gasteiger partial charge in [0.1, 0.15) is 0 Å². The topological polar surface area (TPSA) is 95.1 Å². The van der Waals surface area contributed by atoms with E-state index in [4.69, 9.17) is 10.5 Å². The van der Waals surface area contributed by atoms with E-state index in [1.54, 1.807) is 19.4 Å². The van der Waals surface area contributed by atoms with Crippen LogP contribution < -0.4 is 11.1 Å². The van der Waals surface area contributed by atoms with Crippen LogP contribution in [0.5, 0.6) is 0 Å². The second-order valence-electron chi connectivity index (χ2n) is 4.31. The number of hydrogen-bond acceptors (Lipinski definition) is 5.